The first kappa shape index (κ1) is 61.2. The monoisotopic (exact) mass is 1110 g/mol. The molecule has 27 heteroatoms. The van der Waals surface area contributed by atoms with Crippen LogP contribution in [-0.4, -0.2) is 159 Å². The number of nitrogens with one attached hydrogen (secondary N) is 7. The Bertz CT molecular complexity index is 2800. The van der Waals surface area contributed by atoms with E-state index in [1.54, 1.807) is 97.4 Å². The first-order valence-electron chi connectivity index (χ1n) is 23.5. The van der Waals surface area contributed by atoms with Crippen LogP contribution in [0.2, 0.25) is 0 Å². The van der Waals surface area contributed by atoms with Crippen molar-refractivity contribution in [3.63, 3.8) is 0 Å². The molecule has 12 N–H and O–H groups in total. The van der Waals surface area contributed by atoms with Crippen LogP contribution >= 0.6 is 23.5 Å². The van der Waals surface area contributed by atoms with Crippen molar-refractivity contribution in [3.8, 4) is 0 Å². The van der Waals surface area contributed by atoms with E-state index >= 15 is 0 Å². The van der Waals surface area contributed by atoms with Crippen molar-refractivity contribution in [1.82, 2.24) is 41.2 Å². The number of fused-ring (bicyclic) bond motifs is 1. The Kier molecular flexibility index (Phi) is 24.4. The second kappa shape index (κ2) is 30.3. The SMILES string of the molecule is CSCC[C@H](NC(=O)[C@H](Cc1ccccc1)NS(=O)(=O)O)C(=O)NCC(=O)N(C(=O)CCC(=O)O)[C@@H](Cc1c[nH]c2ccccc12)C(=O)N[C@@H](CCSC)C(=O)N[C@@H](CC(=O)O)C(=O)N[C@@H](Cc1ccccc1)C(N)=O. The lowest BCUT2D eigenvalue weighted by Crippen LogP contribution is -2.60. The zero-order valence-corrected chi connectivity index (χ0v) is 43.8. The van der Waals surface area contributed by atoms with Crippen LogP contribution in [0.4, 0.5) is 0 Å². The number of benzene rings is 3. The molecule has 1 aromatic heterocycles. The van der Waals surface area contributed by atoms with Gasteiger partial charge in [0, 0.05) is 36.4 Å². The maximum Gasteiger partial charge on any atom is 0.334 e. The number of nitrogens with zero attached hydrogens (tertiary/aromatic N) is 1. The summed E-state index contributed by atoms with van der Waals surface area (Å²) in [5.41, 5.74) is 7.62. The number of aromatic nitrogens is 1. The summed E-state index contributed by atoms with van der Waals surface area (Å²) in [4.78, 5) is 139. The Morgan fingerprint density at radius 2 is 1.11 bits per heavy atom. The molecular weight excluding hydrogens is 1050 g/mol. The lowest BCUT2D eigenvalue weighted by atomic mass is 10.0. The van der Waals surface area contributed by atoms with Crippen LogP contribution in [0.1, 0.15) is 48.8 Å². The maximum absolute atomic E-state index is 14.8. The average molecular weight is 1110 g/mol. The topological polar surface area (TPSA) is 383 Å². The van der Waals surface area contributed by atoms with E-state index in [1.807, 2.05) is 4.72 Å². The van der Waals surface area contributed by atoms with Crippen molar-refractivity contribution in [2.24, 2.45) is 5.73 Å². The van der Waals surface area contributed by atoms with Gasteiger partial charge < -0.3 is 47.5 Å². The lowest BCUT2D eigenvalue weighted by molar-refractivity contribution is -0.153. The Balaban J connectivity index is 1.69. The van der Waals surface area contributed by atoms with Crippen LogP contribution in [0, 0.1) is 0 Å². The summed E-state index contributed by atoms with van der Waals surface area (Å²) < 4.78 is 35.2. The van der Waals surface area contributed by atoms with Gasteiger partial charge in [-0.3, -0.25) is 57.4 Å². The minimum atomic E-state index is -4.95. The summed E-state index contributed by atoms with van der Waals surface area (Å²) in [7, 11) is -4.95. The number of aromatic amines is 1. The molecule has 0 spiro atoms. The van der Waals surface area contributed by atoms with Gasteiger partial charge in [0.25, 0.3) is 0 Å². The number of primary amides is 1. The number of imide groups is 1. The molecule has 1 heterocycles. The molecule has 0 bridgehead atoms. The van der Waals surface area contributed by atoms with E-state index in [4.69, 9.17) is 5.73 Å². The van der Waals surface area contributed by atoms with Crippen LogP contribution in [0.3, 0.4) is 0 Å². The molecule has 0 saturated heterocycles. The molecule has 0 aliphatic heterocycles. The van der Waals surface area contributed by atoms with Crippen molar-refractivity contribution >= 4 is 104 Å². The molecule has 0 fully saturated rings. The van der Waals surface area contributed by atoms with E-state index in [0.29, 0.717) is 32.5 Å². The number of carboxylic acids is 2. The van der Waals surface area contributed by atoms with E-state index in [-0.39, 0.29) is 37.2 Å². The number of rotatable bonds is 32. The van der Waals surface area contributed by atoms with E-state index < -0.39 is 138 Å². The third-order valence-corrected chi connectivity index (χ3v) is 13.4. The first-order chi connectivity index (χ1) is 36.1. The number of carbonyl (C=O) groups excluding carboxylic acids is 8. The number of hydrogen-bond donors (Lipinski definition) is 11. The fourth-order valence-electron chi connectivity index (χ4n) is 7.77. The number of H-pyrrole nitrogens is 1. The maximum atomic E-state index is 14.8. The lowest BCUT2D eigenvalue weighted by Gasteiger charge is -2.31. The predicted molar refractivity (Wildman–Crippen MR) is 281 cm³/mol. The molecule has 0 aliphatic carbocycles. The fourth-order valence-corrected chi connectivity index (χ4v) is 9.26. The summed E-state index contributed by atoms with van der Waals surface area (Å²) >= 11 is 2.52. The first-order valence-corrected chi connectivity index (χ1v) is 27.8. The van der Waals surface area contributed by atoms with Crippen molar-refractivity contribution < 1.29 is 71.1 Å². The Labute approximate surface area is 446 Å². The number of amides is 8. The number of carbonyl (C=O) groups is 10. The number of hydrogen-bond acceptors (Lipinski definition) is 14. The number of aliphatic carboxylic acids is 2. The second-order valence-corrected chi connectivity index (χ2v) is 20.3. The van der Waals surface area contributed by atoms with Gasteiger partial charge in [-0.1, -0.05) is 78.9 Å². The second-order valence-electron chi connectivity index (χ2n) is 17.2. The van der Waals surface area contributed by atoms with Gasteiger partial charge in [-0.15, -0.1) is 0 Å². The summed E-state index contributed by atoms with van der Waals surface area (Å²) in [6.45, 7) is -1.03. The normalized spacial score (nSPS) is 13.6. The number of para-hydroxylation sites is 1. The standard InChI is InChI=1S/C49H61N9O15S3/c1-74-21-19-34(53-48(69)38(57-76(71,72)73)24-30-13-7-4-8-14-30)45(66)52-28-41(60)58(40(59)17-18-42(61)62)39(25-31-27-51-33-16-10-9-15-32(31)33)49(70)54-35(20-22-75-2)46(67)56-37(26-43(63)64)47(68)55-36(44(50)65)23-29-11-5-3-6-12-29/h3-16,27,34-39,51,57H,17-26,28H2,1-2H3,(H2,50,65)(H,52,66)(H,53,69)(H,54,70)(H,55,68)(H,56,67)(H,61,62)(H,63,64)(H,71,72,73)/t34-,35-,36-,37-,38-,39-/m0/s1. The van der Waals surface area contributed by atoms with Gasteiger partial charge in [-0.25, -0.2) is 0 Å². The van der Waals surface area contributed by atoms with Gasteiger partial charge in [0.2, 0.25) is 47.3 Å². The van der Waals surface area contributed by atoms with Gasteiger partial charge in [0.1, 0.15) is 36.3 Å². The third kappa shape index (κ3) is 20.1. The molecule has 0 saturated carbocycles. The van der Waals surface area contributed by atoms with E-state index in [2.05, 4.69) is 31.6 Å². The zero-order valence-electron chi connectivity index (χ0n) is 41.4. The number of carboxylic acid groups (broad SMARTS) is 2. The Morgan fingerprint density at radius 3 is 1.66 bits per heavy atom. The van der Waals surface area contributed by atoms with Crippen molar-refractivity contribution in [3.05, 3.63) is 108 Å². The van der Waals surface area contributed by atoms with Crippen LogP contribution < -0.4 is 37.0 Å². The van der Waals surface area contributed by atoms with Crippen LogP contribution in [0.15, 0.2) is 91.1 Å². The van der Waals surface area contributed by atoms with Gasteiger partial charge in [-0.2, -0.15) is 36.7 Å². The van der Waals surface area contributed by atoms with Crippen molar-refractivity contribution in [1.29, 1.82) is 0 Å². The number of thioether (sulfide) groups is 2. The molecule has 8 amide bonds. The third-order valence-electron chi connectivity index (χ3n) is 11.5. The molecule has 0 radical (unpaired) electrons. The molecule has 3 aromatic carbocycles. The van der Waals surface area contributed by atoms with Crippen LogP contribution in [0.5, 0.6) is 0 Å². The van der Waals surface area contributed by atoms with Gasteiger partial charge >= 0.3 is 22.2 Å². The number of nitrogens with two attached hydrogens (primary N) is 1. The van der Waals surface area contributed by atoms with Crippen molar-refractivity contribution in [2.45, 2.75) is 87.6 Å². The van der Waals surface area contributed by atoms with Crippen LogP contribution in [-0.2, 0) is 77.5 Å². The molecule has 410 valence electrons. The molecule has 0 aliphatic rings. The highest BCUT2D eigenvalue weighted by atomic mass is 32.2. The molecule has 4 rings (SSSR count). The van der Waals surface area contributed by atoms with E-state index in [1.165, 1.54) is 29.7 Å². The highest BCUT2D eigenvalue weighted by molar-refractivity contribution is 7.98. The quantitative estimate of drug-likeness (QED) is 0.0288. The van der Waals surface area contributed by atoms with Gasteiger partial charge in [0.05, 0.1) is 19.4 Å². The highest BCUT2D eigenvalue weighted by Crippen LogP contribution is 2.22. The summed E-state index contributed by atoms with van der Waals surface area (Å²) in [6.07, 6.45) is 1.24. The molecule has 0 unspecified atom stereocenters. The van der Waals surface area contributed by atoms with E-state index in [9.17, 15) is 71.1 Å². The summed E-state index contributed by atoms with van der Waals surface area (Å²) in [6, 6.07) is 13.7. The van der Waals surface area contributed by atoms with Gasteiger partial charge in [-0.05, 0) is 66.0 Å². The summed E-state index contributed by atoms with van der Waals surface area (Å²) in [5, 5.41) is 32.0. The minimum Gasteiger partial charge on any atom is -0.481 e. The highest BCUT2D eigenvalue weighted by Gasteiger charge is 2.39. The predicted octanol–water partition coefficient (Wildman–Crippen LogP) is 0.0670. The average Bonchev–Trinajstić information content (AvgIpc) is 3.78. The molecular formula is C49H61N9O15S3. The zero-order chi connectivity index (χ0) is 56.0. The summed E-state index contributed by atoms with van der Waals surface area (Å²) in [5.74, 6) is -11.2. The Morgan fingerprint density at radius 1 is 0.605 bits per heavy atom. The molecule has 76 heavy (non-hydrogen) atoms. The molecule has 4 aromatic rings. The fraction of sp³-hybridized carbons (Fsp3) is 0.388. The largest absolute Gasteiger partial charge is 0.481 e. The molecule has 24 nitrogen and oxygen atoms in total. The Hall–Kier alpha value is -7.33. The minimum absolute atomic E-state index is 0.0718. The van der Waals surface area contributed by atoms with Crippen molar-refractivity contribution in [2.75, 3.05) is 30.6 Å². The smallest absolute Gasteiger partial charge is 0.334 e. The molecule has 6 atom stereocenters. The van der Waals surface area contributed by atoms with E-state index in [0.717, 1.165) is 0 Å². The van der Waals surface area contributed by atoms with Crippen LogP contribution in [0.25, 0.3) is 10.9 Å². The van der Waals surface area contributed by atoms with Gasteiger partial charge in [0.15, 0.2) is 0 Å².